The maximum Gasteiger partial charge on any atom is 0.341 e. The summed E-state index contributed by atoms with van der Waals surface area (Å²) >= 11 is 0.949. The van der Waals surface area contributed by atoms with Gasteiger partial charge in [-0.15, -0.1) is 0 Å². The van der Waals surface area contributed by atoms with E-state index in [0.29, 0.717) is 12.1 Å². The van der Waals surface area contributed by atoms with Crippen LogP contribution in [0, 0.1) is 11.7 Å². The van der Waals surface area contributed by atoms with E-state index < -0.39 is 28.7 Å². The molecule has 1 saturated heterocycles. The number of nitrogens with one attached hydrogen (secondary N) is 2. The molecule has 1 atom stereocenters. The quantitative estimate of drug-likeness (QED) is 0.417. The number of aromatic nitrogens is 4. The molecule has 1 fully saturated rings. The van der Waals surface area contributed by atoms with Crippen molar-refractivity contribution in [3.05, 3.63) is 63.9 Å². The minimum Gasteiger partial charge on any atom is -0.477 e. The van der Waals surface area contributed by atoms with Crippen LogP contribution in [0.4, 0.5) is 14.6 Å². The van der Waals surface area contributed by atoms with Crippen molar-refractivity contribution in [1.29, 1.82) is 0 Å². The lowest BCUT2D eigenvalue weighted by Gasteiger charge is -2.39. The first-order valence-electron chi connectivity index (χ1n) is 11.3. The Kier molecular flexibility index (Phi) is 6.41. The Morgan fingerprint density at radius 1 is 1.32 bits per heavy atom. The minimum absolute atomic E-state index is 0.00805. The molecule has 3 aromatic rings. The standard InChI is InChI=1S/C23H21F2N7O4S/c1-11-2-3-15(24)17(29-11)4-5-26-21(34)12-7-31(8-12)20-16(25)6-13-18(33)14(22(35)36)9-32(19(13)30-20)23-27-10-28-37-23/h2-3,6,9-12,29H,4-5,7-8H2,1H3,(H,26,34)(H,35,36). The molecule has 11 nitrogen and oxygen atoms in total. The topological polar surface area (TPSA) is 142 Å². The lowest BCUT2D eigenvalue weighted by Crippen LogP contribution is -2.54. The summed E-state index contributed by atoms with van der Waals surface area (Å²) in [5, 5.41) is 15.2. The first-order chi connectivity index (χ1) is 17.7. The summed E-state index contributed by atoms with van der Waals surface area (Å²) in [5.41, 5.74) is -0.969. The number of carbonyl (C=O) groups excluding carboxylic acids is 1. The number of hydrogen-bond donors (Lipinski definition) is 3. The molecule has 2 aliphatic rings. The zero-order valence-electron chi connectivity index (χ0n) is 19.4. The molecule has 37 heavy (non-hydrogen) atoms. The van der Waals surface area contributed by atoms with Crippen LogP contribution in [0.15, 0.2) is 47.1 Å². The van der Waals surface area contributed by atoms with Crippen LogP contribution in [0.25, 0.3) is 16.2 Å². The number of rotatable bonds is 7. The van der Waals surface area contributed by atoms with Crippen molar-refractivity contribution in [3.63, 3.8) is 0 Å². The van der Waals surface area contributed by atoms with E-state index >= 15 is 4.39 Å². The highest BCUT2D eigenvalue weighted by Crippen LogP contribution is 2.29. The second-order valence-corrected chi connectivity index (χ2v) is 9.46. The number of pyridine rings is 2. The molecule has 0 bridgehead atoms. The van der Waals surface area contributed by atoms with Crippen molar-refractivity contribution >= 4 is 40.3 Å². The monoisotopic (exact) mass is 529 g/mol. The van der Waals surface area contributed by atoms with Crippen LogP contribution in [-0.2, 0) is 4.79 Å². The van der Waals surface area contributed by atoms with Crippen LogP contribution in [0.3, 0.4) is 0 Å². The molecule has 14 heteroatoms. The van der Waals surface area contributed by atoms with E-state index in [0.717, 1.165) is 23.8 Å². The Balaban J connectivity index is 1.32. The van der Waals surface area contributed by atoms with E-state index in [2.05, 4.69) is 25.0 Å². The molecule has 5 rings (SSSR count). The van der Waals surface area contributed by atoms with Gasteiger partial charge in [-0.1, -0.05) is 6.08 Å². The number of nitrogens with zero attached hydrogens (tertiary/aromatic N) is 5. The molecule has 0 spiro atoms. The van der Waals surface area contributed by atoms with E-state index in [9.17, 15) is 23.9 Å². The lowest BCUT2D eigenvalue weighted by atomic mass is 9.99. The Morgan fingerprint density at radius 2 is 2.11 bits per heavy atom. The van der Waals surface area contributed by atoms with Gasteiger partial charge in [0.15, 0.2) is 17.3 Å². The van der Waals surface area contributed by atoms with E-state index in [1.807, 2.05) is 6.92 Å². The second kappa shape index (κ2) is 9.69. The van der Waals surface area contributed by atoms with Crippen LogP contribution in [0.1, 0.15) is 23.7 Å². The molecule has 0 aromatic carbocycles. The summed E-state index contributed by atoms with van der Waals surface area (Å²) < 4.78 is 34.1. The molecule has 2 aliphatic heterocycles. The number of amides is 1. The van der Waals surface area contributed by atoms with Gasteiger partial charge in [0.05, 0.1) is 11.3 Å². The van der Waals surface area contributed by atoms with Crippen molar-refractivity contribution < 1.29 is 23.5 Å². The number of aromatic carboxylic acids is 1. The fraction of sp³-hybridized carbons (Fsp3) is 0.304. The van der Waals surface area contributed by atoms with Gasteiger partial charge < -0.3 is 20.6 Å². The molecule has 0 saturated carbocycles. The third kappa shape index (κ3) is 4.67. The summed E-state index contributed by atoms with van der Waals surface area (Å²) in [6.45, 7) is 2.51. The van der Waals surface area contributed by atoms with E-state index in [4.69, 9.17) is 0 Å². The zero-order valence-corrected chi connectivity index (χ0v) is 20.3. The Morgan fingerprint density at radius 3 is 2.81 bits per heavy atom. The van der Waals surface area contributed by atoms with Crippen LogP contribution in [0.5, 0.6) is 0 Å². The number of halogens is 2. The number of fused-ring (bicyclic) bond motifs is 1. The average Bonchev–Trinajstić information content (AvgIpc) is 3.36. The number of carboxylic acids is 1. The molecule has 0 radical (unpaired) electrons. The van der Waals surface area contributed by atoms with Gasteiger partial charge in [-0.2, -0.15) is 4.37 Å². The predicted molar refractivity (Wildman–Crippen MR) is 131 cm³/mol. The van der Waals surface area contributed by atoms with Crippen LogP contribution in [0.2, 0.25) is 0 Å². The normalized spacial score (nSPS) is 17.6. The molecule has 1 amide bonds. The summed E-state index contributed by atoms with van der Waals surface area (Å²) in [6, 6.07) is 0.959. The maximum absolute atomic E-state index is 15.0. The fourth-order valence-electron chi connectivity index (χ4n) is 4.19. The SMILES string of the molecule is CC1C=CC(F)=C(CCNC(=O)C2CN(c3nc4c(cc3F)c(=O)c(C(=O)O)cn4-c3ncns3)C2)N1. The highest BCUT2D eigenvalue weighted by atomic mass is 32.1. The molecule has 3 aromatic heterocycles. The van der Waals surface area contributed by atoms with Gasteiger partial charge >= 0.3 is 5.97 Å². The minimum atomic E-state index is -1.46. The van der Waals surface area contributed by atoms with Gasteiger partial charge in [0.25, 0.3) is 0 Å². The Labute approximate surface area is 212 Å². The van der Waals surface area contributed by atoms with Gasteiger partial charge in [-0.25, -0.2) is 23.5 Å². The highest BCUT2D eigenvalue weighted by Gasteiger charge is 2.35. The number of carboxylic acid groups (broad SMARTS) is 1. The van der Waals surface area contributed by atoms with Crippen molar-refractivity contribution in [2.75, 3.05) is 24.5 Å². The third-order valence-electron chi connectivity index (χ3n) is 6.15. The Bertz CT molecular complexity index is 1510. The second-order valence-electron chi connectivity index (χ2n) is 8.70. The number of carbonyl (C=O) groups is 2. The number of dihydropyridines is 1. The molecular formula is C23H21F2N7O4S. The zero-order chi connectivity index (χ0) is 26.3. The molecule has 3 N–H and O–H groups in total. The predicted octanol–water partition coefficient (Wildman–Crippen LogP) is 1.75. The lowest BCUT2D eigenvalue weighted by molar-refractivity contribution is -0.125. The average molecular weight is 530 g/mol. The van der Waals surface area contributed by atoms with E-state index in [1.165, 1.54) is 17.0 Å². The first-order valence-corrected chi connectivity index (χ1v) is 12.1. The summed E-state index contributed by atoms with van der Waals surface area (Å²) in [7, 11) is 0. The van der Waals surface area contributed by atoms with E-state index in [1.54, 1.807) is 11.0 Å². The van der Waals surface area contributed by atoms with Crippen LogP contribution < -0.4 is 21.0 Å². The van der Waals surface area contributed by atoms with Crippen molar-refractivity contribution in [2.45, 2.75) is 19.4 Å². The Hall–Kier alpha value is -4.20. The van der Waals surface area contributed by atoms with Gasteiger partial charge in [0.2, 0.25) is 16.5 Å². The molecular weight excluding hydrogens is 508 g/mol. The number of anilines is 1. The smallest absolute Gasteiger partial charge is 0.341 e. The molecule has 5 heterocycles. The molecule has 0 aliphatic carbocycles. The highest BCUT2D eigenvalue weighted by molar-refractivity contribution is 7.08. The summed E-state index contributed by atoms with van der Waals surface area (Å²) in [5.74, 6) is -3.37. The van der Waals surface area contributed by atoms with Crippen molar-refractivity contribution in [3.8, 4) is 5.13 Å². The maximum atomic E-state index is 15.0. The van der Waals surface area contributed by atoms with Gasteiger partial charge in [-0.05, 0) is 19.1 Å². The third-order valence-corrected chi connectivity index (χ3v) is 6.81. The molecule has 192 valence electrons. The van der Waals surface area contributed by atoms with Gasteiger partial charge in [-0.3, -0.25) is 14.2 Å². The first kappa shape index (κ1) is 24.5. The summed E-state index contributed by atoms with van der Waals surface area (Å²) in [4.78, 5) is 46.7. The van der Waals surface area contributed by atoms with Crippen molar-refractivity contribution in [2.24, 2.45) is 5.92 Å². The van der Waals surface area contributed by atoms with Gasteiger partial charge in [0.1, 0.15) is 17.7 Å². The number of allylic oxidation sites excluding steroid dienone is 2. The fourth-order valence-corrected chi connectivity index (χ4v) is 4.70. The largest absolute Gasteiger partial charge is 0.477 e. The van der Waals surface area contributed by atoms with E-state index in [-0.39, 0.29) is 59.4 Å². The molecule has 1 unspecified atom stereocenters. The van der Waals surface area contributed by atoms with Crippen molar-refractivity contribution in [1.82, 2.24) is 29.5 Å². The van der Waals surface area contributed by atoms with Crippen LogP contribution in [-0.4, -0.2) is 61.6 Å². The number of hydrogen-bond acceptors (Lipinski definition) is 9. The summed E-state index contributed by atoms with van der Waals surface area (Å²) in [6.07, 6.45) is 5.77. The van der Waals surface area contributed by atoms with Crippen LogP contribution >= 0.6 is 11.5 Å². The van der Waals surface area contributed by atoms with Gasteiger partial charge in [0, 0.05) is 55.5 Å².